The molecule has 1 saturated heterocycles. The summed E-state index contributed by atoms with van der Waals surface area (Å²) in [7, 11) is 0. The third kappa shape index (κ3) is 4.32. The molecular formula is C22H18N2O9S. The lowest BCUT2D eigenvalue weighted by atomic mass is 9.92. The molecule has 2 N–H and O–H groups in total. The average molecular weight is 486 g/mol. The Morgan fingerprint density at radius 1 is 1.18 bits per heavy atom. The van der Waals surface area contributed by atoms with Crippen LogP contribution in [0.3, 0.4) is 0 Å². The van der Waals surface area contributed by atoms with Gasteiger partial charge < -0.3 is 19.7 Å². The summed E-state index contributed by atoms with van der Waals surface area (Å²) in [5, 5.41) is 29.3. The topological polar surface area (TPSA) is 157 Å². The molecular weight excluding hydrogens is 468 g/mol. The number of carbonyl (C=O) groups excluding carboxylic acids is 2. The summed E-state index contributed by atoms with van der Waals surface area (Å²) in [6, 6.07) is 11.0. The summed E-state index contributed by atoms with van der Waals surface area (Å²) in [5.74, 6) is -2.88. The van der Waals surface area contributed by atoms with E-state index in [9.17, 15) is 29.6 Å². The van der Waals surface area contributed by atoms with E-state index >= 15 is 0 Å². The number of fused-ring (bicyclic) bond motifs is 1. The van der Waals surface area contributed by atoms with Crippen molar-refractivity contribution in [2.24, 2.45) is 5.92 Å². The first-order valence-electron chi connectivity index (χ1n) is 10.0. The van der Waals surface area contributed by atoms with Crippen molar-refractivity contribution in [3.05, 3.63) is 80.6 Å². The zero-order valence-corrected chi connectivity index (χ0v) is 18.4. The lowest BCUT2D eigenvalue weighted by Gasteiger charge is -2.43. The average Bonchev–Trinajstić information content (AvgIpc) is 3.11. The molecule has 0 unspecified atom stereocenters. The van der Waals surface area contributed by atoms with Gasteiger partial charge in [-0.05, 0) is 48.9 Å². The number of amides is 1. The van der Waals surface area contributed by atoms with Crippen molar-refractivity contribution in [2.75, 3.05) is 0 Å². The van der Waals surface area contributed by atoms with Gasteiger partial charge in [0, 0.05) is 12.1 Å². The molecule has 0 saturated carbocycles. The van der Waals surface area contributed by atoms with Gasteiger partial charge in [0.25, 0.3) is 5.69 Å². The van der Waals surface area contributed by atoms with E-state index in [0.29, 0.717) is 5.56 Å². The second-order valence-corrected chi connectivity index (χ2v) is 8.64. The minimum absolute atomic E-state index is 0.0521. The molecule has 0 spiro atoms. The number of esters is 1. The number of carboxylic acids is 1. The van der Waals surface area contributed by atoms with Crippen LogP contribution in [0.2, 0.25) is 0 Å². The molecule has 2 heterocycles. The van der Waals surface area contributed by atoms with Crippen molar-refractivity contribution in [2.45, 2.75) is 25.0 Å². The third-order valence-corrected chi connectivity index (χ3v) is 6.52. The van der Waals surface area contributed by atoms with Gasteiger partial charge in [-0.3, -0.25) is 19.8 Å². The fourth-order valence-electron chi connectivity index (χ4n) is 3.52. The van der Waals surface area contributed by atoms with Crippen LogP contribution in [0, 0.1) is 16.0 Å². The Morgan fingerprint density at radius 3 is 2.38 bits per heavy atom. The van der Waals surface area contributed by atoms with Gasteiger partial charge >= 0.3 is 11.9 Å². The monoisotopic (exact) mass is 486 g/mol. The fourth-order valence-corrected chi connectivity index (χ4v) is 4.98. The van der Waals surface area contributed by atoms with Gasteiger partial charge in [0.15, 0.2) is 10.8 Å². The first-order valence-corrected chi connectivity index (χ1v) is 10.9. The van der Waals surface area contributed by atoms with E-state index in [1.807, 2.05) is 0 Å². The second kappa shape index (κ2) is 9.15. The predicted octanol–water partition coefficient (Wildman–Crippen LogP) is 2.50. The maximum atomic E-state index is 12.9. The summed E-state index contributed by atoms with van der Waals surface area (Å²) < 4.78 is 11.1. The number of thioether (sulfide) groups is 1. The largest absolute Gasteiger partial charge is 0.478 e. The number of aliphatic hydroxyl groups is 1. The van der Waals surface area contributed by atoms with Crippen molar-refractivity contribution in [1.29, 1.82) is 0 Å². The SMILES string of the molecule is C[C@@H](O)[C@H]1C(=O)N2C(C(=O)OCc3ccc([N+](=O)[O-])cc3)=C(Oc3ccc(C(=O)O)cc3)S[C@H]12. The number of hydrogen-bond acceptors (Lipinski definition) is 9. The molecule has 1 amide bonds. The minimum Gasteiger partial charge on any atom is -0.478 e. The Hall–Kier alpha value is -3.90. The molecule has 0 bridgehead atoms. The number of nitrogens with zero attached hydrogens (tertiary/aromatic N) is 2. The molecule has 0 aromatic heterocycles. The highest BCUT2D eigenvalue weighted by atomic mass is 32.2. The number of carbonyl (C=O) groups is 3. The standard InChI is InChI=1S/C22H18N2O9S/c1-11(25)16-18(26)23-17(21(29)32-10-12-2-6-14(7-3-12)24(30)31)22(34-19(16)23)33-15-8-4-13(5-9-15)20(27)28/h2-9,11,16,19,25H,10H2,1H3,(H,27,28)/t11-,16+,19-/m1/s1. The fraction of sp³-hybridized carbons (Fsp3) is 0.227. The van der Waals surface area contributed by atoms with Gasteiger partial charge in [0.1, 0.15) is 17.7 Å². The molecule has 3 atom stereocenters. The van der Waals surface area contributed by atoms with Gasteiger partial charge in [-0.15, -0.1) is 0 Å². The molecule has 2 aliphatic heterocycles. The number of nitro benzene ring substituents is 1. The summed E-state index contributed by atoms with van der Waals surface area (Å²) in [5.41, 5.74) is 0.329. The van der Waals surface area contributed by atoms with Gasteiger partial charge in [-0.2, -0.15) is 0 Å². The van der Waals surface area contributed by atoms with E-state index in [1.165, 1.54) is 60.4 Å². The molecule has 12 heteroatoms. The number of benzene rings is 2. The van der Waals surface area contributed by atoms with Crippen LogP contribution < -0.4 is 4.74 Å². The maximum absolute atomic E-state index is 12.9. The molecule has 0 aliphatic carbocycles. The Morgan fingerprint density at radius 2 is 1.82 bits per heavy atom. The van der Waals surface area contributed by atoms with E-state index < -0.39 is 40.2 Å². The van der Waals surface area contributed by atoms with Gasteiger partial charge in [-0.25, -0.2) is 9.59 Å². The van der Waals surface area contributed by atoms with Crippen molar-refractivity contribution in [3.8, 4) is 5.75 Å². The van der Waals surface area contributed by atoms with Crippen LogP contribution in [0.4, 0.5) is 5.69 Å². The third-order valence-electron chi connectivity index (χ3n) is 5.29. The molecule has 2 aliphatic rings. The molecule has 2 aromatic rings. The summed E-state index contributed by atoms with van der Waals surface area (Å²) in [6.45, 7) is 1.29. The summed E-state index contributed by atoms with van der Waals surface area (Å²) in [4.78, 5) is 48.1. The number of aliphatic hydroxyl groups excluding tert-OH is 1. The predicted molar refractivity (Wildman–Crippen MR) is 117 cm³/mol. The Kier molecular flexibility index (Phi) is 6.26. The Balaban J connectivity index is 1.55. The number of rotatable bonds is 8. The summed E-state index contributed by atoms with van der Waals surface area (Å²) in [6.07, 6.45) is -0.937. The second-order valence-electron chi connectivity index (χ2n) is 7.55. The number of hydrogen-bond donors (Lipinski definition) is 2. The zero-order chi connectivity index (χ0) is 24.6. The quantitative estimate of drug-likeness (QED) is 0.246. The minimum atomic E-state index is -1.11. The van der Waals surface area contributed by atoms with E-state index in [-0.39, 0.29) is 34.4 Å². The summed E-state index contributed by atoms with van der Waals surface area (Å²) >= 11 is 1.08. The molecule has 1 fully saturated rings. The van der Waals surface area contributed by atoms with Gasteiger partial charge in [-0.1, -0.05) is 11.8 Å². The van der Waals surface area contributed by atoms with Crippen LogP contribution in [0.25, 0.3) is 0 Å². The molecule has 2 aromatic carbocycles. The van der Waals surface area contributed by atoms with Crippen molar-refractivity contribution in [1.82, 2.24) is 4.90 Å². The Bertz CT molecular complexity index is 1190. The molecule has 4 rings (SSSR count). The van der Waals surface area contributed by atoms with E-state index in [4.69, 9.17) is 14.6 Å². The number of carboxylic acid groups (broad SMARTS) is 1. The zero-order valence-electron chi connectivity index (χ0n) is 17.6. The van der Waals surface area contributed by atoms with Gasteiger partial charge in [0.2, 0.25) is 5.91 Å². The molecule has 0 radical (unpaired) electrons. The number of ether oxygens (including phenoxy) is 2. The lowest BCUT2D eigenvalue weighted by molar-refractivity contribution is -0.384. The number of β-lactam (4-membered cyclic amide) rings is 1. The molecule has 34 heavy (non-hydrogen) atoms. The van der Waals surface area contributed by atoms with Crippen LogP contribution in [0.5, 0.6) is 5.75 Å². The maximum Gasteiger partial charge on any atom is 0.359 e. The number of non-ortho nitro benzene ring substituents is 1. The Labute approximate surface area is 196 Å². The van der Waals surface area contributed by atoms with Crippen LogP contribution in [-0.2, 0) is 20.9 Å². The number of aromatic carboxylic acids is 1. The highest BCUT2D eigenvalue weighted by molar-refractivity contribution is 8.03. The van der Waals surface area contributed by atoms with Crippen molar-refractivity contribution < 1.29 is 39.0 Å². The highest BCUT2D eigenvalue weighted by Gasteiger charge is 2.58. The molecule has 11 nitrogen and oxygen atoms in total. The van der Waals surface area contributed by atoms with Crippen LogP contribution in [0.1, 0.15) is 22.8 Å². The van der Waals surface area contributed by atoms with Crippen LogP contribution in [-0.4, -0.2) is 49.4 Å². The van der Waals surface area contributed by atoms with Crippen molar-refractivity contribution >= 4 is 35.3 Å². The van der Waals surface area contributed by atoms with E-state index in [2.05, 4.69) is 0 Å². The van der Waals surface area contributed by atoms with Crippen LogP contribution >= 0.6 is 11.8 Å². The smallest absolute Gasteiger partial charge is 0.359 e. The van der Waals surface area contributed by atoms with E-state index in [0.717, 1.165) is 11.8 Å². The molecule has 176 valence electrons. The van der Waals surface area contributed by atoms with E-state index in [1.54, 1.807) is 0 Å². The lowest BCUT2D eigenvalue weighted by Crippen LogP contribution is -2.60. The van der Waals surface area contributed by atoms with Gasteiger partial charge in [0.05, 0.1) is 22.5 Å². The van der Waals surface area contributed by atoms with Crippen LogP contribution in [0.15, 0.2) is 59.3 Å². The first kappa shape index (κ1) is 23.3. The number of nitro groups is 1. The highest BCUT2D eigenvalue weighted by Crippen LogP contribution is 2.50. The first-order chi connectivity index (χ1) is 16.2. The van der Waals surface area contributed by atoms with Crippen molar-refractivity contribution in [3.63, 3.8) is 0 Å². The normalized spacial score (nSPS) is 19.8.